The van der Waals surface area contributed by atoms with Crippen molar-refractivity contribution < 1.29 is 9.52 Å². The molecule has 1 aromatic rings. The SMILES string of the molecule is CC(C)C1Cc2oc(SN)cc2C(O)C1. The van der Waals surface area contributed by atoms with Gasteiger partial charge in [0.25, 0.3) is 0 Å². The van der Waals surface area contributed by atoms with E-state index in [9.17, 15) is 5.11 Å². The molecule has 2 unspecified atom stereocenters. The molecule has 1 heterocycles. The largest absolute Gasteiger partial charge is 0.453 e. The van der Waals surface area contributed by atoms with Gasteiger partial charge in [0.1, 0.15) is 5.76 Å². The van der Waals surface area contributed by atoms with Gasteiger partial charge in [0.2, 0.25) is 0 Å². The molecule has 0 saturated heterocycles. The molecular weight excluding hydrogens is 210 g/mol. The number of nitrogens with two attached hydrogens (primary N) is 1. The number of hydrogen-bond donors (Lipinski definition) is 2. The van der Waals surface area contributed by atoms with Crippen LogP contribution in [0.2, 0.25) is 0 Å². The van der Waals surface area contributed by atoms with Gasteiger partial charge in [0.05, 0.1) is 6.10 Å². The molecule has 0 spiro atoms. The maximum absolute atomic E-state index is 9.98. The lowest BCUT2D eigenvalue weighted by atomic mass is 9.80. The lowest BCUT2D eigenvalue weighted by molar-refractivity contribution is 0.111. The quantitative estimate of drug-likeness (QED) is 0.762. The van der Waals surface area contributed by atoms with Crippen LogP contribution in [0.25, 0.3) is 0 Å². The first-order valence-corrected chi connectivity index (χ1v) is 6.17. The molecule has 84 valence electrons. The van der Waals surface area contributed by atoms with Crippen LogP contribution in [0.4, 0.5) is 0 Å². The molecule has 0 fully saturated rings. The van der Waals surface area contributed by atoms with E-state index in [2.05, 4.69) is 13.8 Å². The summed E-state index contributed by atoms with van der Waals surface area (Å²) in [6.07, 6.45) is 1.37. The van der Waals surface area contributed by atoms with E-state index in [1.807, 2.05) is 6.07 Å². The summed E-state index contributed by atoms with van der Waals surface area (Å²) in [5.41, 5.74) is 0.930. The van der Waals surface area contributed by atoms with Crippen LogP contribution in [-0.4, -0.2) is 5.11 Å². The number of aliphatic hydroxyl groups excluding tert-OH is 1. The fraction of sp³-hybridized carbons (Fsp3) is 0.636. The van der Waals surface area contributed by atoms with Crippen LogP contribution in [0, 0.1) is 11.8 Å². The van der Waals surface area contributed by atoms with E-state index in [-0.39, 0.29) is 6.10 Å². The van der Waals surface area contributed by atoms with E-state index in [0.717, 1.165) is 36.1 Å². The highest BCUT2D eigenvalue weighted by Crippen LogP contribution is 2.39. The highest BCUT2D eigenvalue weighted by atomic mass is 32.2. The Morgan fingerprint density at radius 3 is 2.93 bits per heavy atom. The predicted octanol–water partition coefficient (Wildman–Crippen LogP) is 2.50. The molecule has 0 aromatic carbocycles. The summed E-state index contributed by atoms with van der Waals surface area (Å²) in [5, 5.41) is 16.1. The van der Waals surface area contributed by atoms with Crippen molar-refractivity contribution in [2.45, 2.75) is 37.9 Å². The van der Waals surface area contributed by atoms with Gasteiger partial charge in [0.15, 0.2) is 5.09 Å². The van der Waals surface area contributed by atoms with Crippen LogP contribution in [-0.2, 0) is 6.42 Å². The van der Waals surface area contributed by atoms with E-state index in [1.165, 1.54) is 0 Å². The second-order valence-electron chi connectivity index (χ2n) is 4.52. The van der Waals surface area contributed by atoms with Gasteiger partial charge in [-0.05, 0) is 36.3 Å². The Kier molecular flexibility index (Phi) is 3.09. The monoisotopic (exact) mass is 227 g/mol. The van der Waals surface area contributed by atoms with Crippen molar-refractivity contribution in [2.75, 3.05) is 0 Å². The minimum atomic E-state index is -0.384. The van der Waals surface area contributed by atoms with E-state index in [4.69, 9.17) is 9.56 Å². The van der Waals surface area contributed by atoms with E-state index in [0.29, 0.717) is 16.9 Å². The Bertz CT molecular complexity index is 348. The Morgan fingerprint density at radius 1 is 1.60 bits per heavy atom. The zero-order valence-electron chi connectivity index (χ0n) is 9.06. The minimum absolute atomic E-state index is 0.384. The van der Waals surface area contributed by atoms with Gasteiger partial charge in [0, 0.05) is 12.0 Å². The third-order valence-electron chi connectivity index (χ3n) is 3.21. The lowest BCUT2D eigenvalue weighted by Crippen LogP contribution is -2.21. The summed E-state index contributed by atoms with van der Waals surface area (Å²) >= 11 is 1.10. The topological polar surface area (TPSA) is 59.4 Å². The molecule has 1 aromatic heterocycles. The number of rotatable bonds is 2. The summed E-state index contributed by atoms with van der Waals surface area (Å²) in [5.74, 6) is 2.00. The van der Waals surface area contributed by atoms with Crippen LogP contribution in [0.1, 0.15) is 37.7 Å². The molecule has 1 aliphatic carbocycles. The average molecular weight is 227 g/mol. The molecule has 0 bridgehead atoms. The third-order valence-corrected chi connectivity index (χ3v) is 3.64. The van der Waals surface area contributed by atoms with Gasteiger partial charge >= 0.3 is 0 Å². The standard InChI is InChI=1S/C11H17NO2S/c1-6(2)7-3-9(13)8-5-11(15-12)14-10(8)4-7/h5-7,9,13H,3-4,12H2,1-2H3. The smallest absolute Gasteiger partial charge is 0.175 e. The molecule has 15 heavy (non-hydrogen) atoms. The Labute approximate surface area is 94.2 Å². The van der Waals surface area contributed by atoms with Crippen molar-refractivity contribution in [3.05, 3.63) is 17.4 Å². The maximum Gasteiger partial charge on any atom is 0.175 e. The first-order chi connectivity index (χ1) is 7.11. The van der Waals surface area contributed by atoms with Gasteiger partial charge in [-0.15, -0.1) is 0 Å². The zero-order valence-corrected chi connectivity index (χ0v) is 9.88. The predicted molar refractivity (Wildman–Crippen MR) is 60.4 cm³/mol. The maximum atomic E-state index is 9.98. The molecule has 0 amide bonds. The molecule has 1 aliphatic rings. The van der Waals surface area contributed by atoms with Crippen molar-refractivity contribution >= 4 is 11.9 Å². The molecule has 2 atom stereocenters. The zero-order chi connectivity index (χ0) is 11.0. The lowest BCUT2D eigenvalue weighted by Gasteiger charge is -2.27. The van der Waals surface area contributed by atoms with Crippen molar-refractivity contribution in [2.24, 2.45) is 17.0 Å². The highest BCUT2D eigenvalue weighted by Gasteiger charge is 2.30. The average Bonchev–Trinajstić information content (AvgIpc) is 2.61. The van der Waals surface area contributed by atoms with Crippen molar-refractivity contribution in [1.29, 1.82) is 0 Å². The van der Waals surface area contributed by atoms with Gasteiger partial charge in [-0.25, -0.2) is 0 Å². The molecule has 3 nitrogen and oxygen atoms in total. The van der Waals surface area contributed by atoms with Crippen LogP contribution in [0.3, 0.4) is 0 Å². The molecule has 3 N–H and O–H groups in total. The normalized spacial score (nSPS) is 25.7. The van der Waals surface area contributed by atoms with Crippen molar-refractivity contribution in [1.82, 2.24) is 0 Å². The highest BCUT2D eigenvalue weighted by molar-refractivity contribution is 7.96. The molecular formula is C11H17NO2S. The summed E-state index contributed by atoms with van der Waals surface area (Å²) in [7, 11) is 0. The van der Waals surface area contributed by atoms with Crippen LogP contribution in [0.15, 0.2) is 15.6 Å². The number of fused-ring (bicyclic) bond motifs is 1. The Hall–Kier alpha value is -0.450. The molecule has 0 saturated carbocycles. The summed E-state index contributed by atoms with van der Waals surface area (Å²) in [4.78, 5) is 0. The van der Waals surface area contributed by atoms with Crippen LogP contribution in [0.5, 0.6) is 0 Å². The second-order valence-corrected chi connectivity index (χ2v) is 5.16. The number of furan rings is 1. The summed E-state index contributed by atoms with van der Waals surface area (Å²) in [6, 6.07) is 1.86. The molecule has 0 aliphatic heterocycles. The van der Waals surface area contributed by atoms with E-state index >= 15 is 0 Å². The van der Waals surface area contributed by atoms with E-state index in [1.54, 1.807) is 0 Å². The van der Waals surface area contributed by atoms with Gasteiger partial charge in [-0.1, -0.05) is 13.8 Å². The molecule has 0 radical (unpaired) electrons. The van der Waals surface area contributed by atoms with Gasteiger partial charge in [-0.3, -0.25) is 5.14 Å². The number of aliphatic hydroxyl groups is 1. The third kappa shape index (κ3) is 2.07. The van der Waals surface area contributed by atoms with Crippen molar-refractivity contribution in [3.8, 4) is 0 Å². The first-order valence-electron chi connectivity index (χ1n) is 5.29. The second kappa shape index (κ2) is 4.20. The number of hydrogen-bond acceptors (Lipinski definition) is 4. The van der Waals surface area contributed by atoms with E-state index < -0.39 is 0 Å². The van der Waals surface area contributed by atoms with Gasteiger partial charge < -0.3 is 9.52 Å². The first kappa shape index (κ1) is 11.0. The minimum Gasteiger partial charge on any atom is -0.453 e. The fourth-order valence-electron chi connectivity index (χ4n) is 2.16. The molecule has 2 rings (SSSR count). The summed E-state index contributed by atoms with van der Waals surface area (Å²) in [6.45, 7) is 4.37. The van der Waals surface area contributed by atoms with Crippen LogP contribution < -0.4 is 5.14 Å². The Balaban J connectivity index is 2.26. The Morgan fingerprint density at radius 2 is 2.33 bits per heavy atom. The molecule has 4 heteroatoms. The summed E-state index contributed by atoms with van der Waals surface area (Å²) < 4.78 is 5.58. The fourth-order valence-corrected chi connectivity index (χ4v) is 2.50. The van der Waals surface area contributed by atoms with Crippen molar-refractivity contribution in [3.63, 3.8) is 0 Å². The van der Waals surface area contributed by atoms with Gasteiger partial charge in [-0.2, -0.15) is 0 Å². The van der Waals surface area contributed by atoms with Crippen LogP contribution >= 0.6 is 11.9 Å².